The van der Waals surface area contributed by atoms with E-state index in [1.807, 2.05) is 26.0 Å². The molecule has 0 aliphatic heterocycles. The average molecular weight is 534 g/mol. The fraction of sp³-hybridized carbons (Fsp3) is 0.500. The largest absolute Gasteiger partial charge is 0.507 e. The summed E-state index contributed by atoms with van der Waals surface area (Å²) in [6.07, 6.45) is 8.90. The molecule has 1 fully saturated rings. The van der Waals surface area contributed by atoms with Gasteiger partial charge >= 0.3 is 11.9 Å². The molecule has 2 N–H and O–H groups in total. The number of allylic oxidation sites excluding steroid dienone is 4. The van der Waals surface area contributed by atoms with E-state index in [0.29, 0.717) is 29.0 Å². The Morgan fingerprint density at radius 1 is 1.30 bits per heavy atom. The van der Waals surface area contributed by atoms with Crippen molar-refractivity contribution in [2.24, 2.45) is 22.2 Å². The number of carbonyl (C=O) groups excluding carboxylic acids is 2. The first-order valence-electron chi connectivity index (χ1n) is 12.2. The van der Waals surface area contributed by atoms with E-state index in [4.69, 9.17) is 21.4 Å². The predicted octanol–water partition coefficient (Wildman–Crippen LogP) is 5.10. The van der Waals surface area contributed by atoms with Gasteiger partial charge in [0, 0.05) is 29.7 Å². The minimum absolute atomic E-state index is 0.0734. The van der Waals surface area contributed by atoms with Gasteiger partial charge in [-0.15, -0.1) is 0 Å². The highest BCUT2D eigenvalue weighted by Gasteiger charge is 2.41. The zero-order valence-corrected chi connectivity index (χ0v) is 23.0. The Kier molecular flexibility index (Phi) is 10.5. The first-order valence-corrected chi connectivity index (χ1v) is 12.5. The maximum Gasteiger partial charge on any atom is 0.341 e. The number of carbonyl (C=O) groups is 3. The minimum Gasteiger partial charge on any atom is -0.507 e. The van der Waals surface area contributed by atoms with Crippen LogP contribution in [0.2, 0.25) is 5.02 Å². The number of ketones is 1. The molecule has 1 aromatic carbocycles. The van der Waals surface area contributed by atoms with Crippen LogP contribution < -0.4 is 4.74 Å². The van der Waals surface area contributed by atoms with Crippen molar-refractivity contribution < 1.29 is 34.1 Å². The van der Waals surface area contributed by atoms with E-state index in [0.717, 1.165) is 12.0 Å². The van der Waals surface area contributed by atoms with Crippen LogP contribution in [-0.4, -0.2) is 54.4 Å². The number of Topliss-reactive ketones (excluding diaryl/α,β-unsaturated/α-hetero) is 1. The normalized spacial score (nSPS) is 22.6. The lowest BCUT2D eigenvalue weighted by molar-refractivity contribution is -0.140. The van der Waals surface area contributed by atoms with Gasteiger partial charge in [-0.25, -0.2) is 4.79 Å². The summed E-state index contributed by atoms with van der Waals surface area (Å²) in [5.41, 5.74) is 1.64. The number of rotatable bonds is 10. The number of aliphatic imine (C=N–C) groups is 1. The van der Waals surface area contributed by atoms with E-state index in [9.17, 15) is 19.5 Å². The molecule has 0 bridgehead atoms. The van der Waals surface area contributed by atoms with E-state index in [1.165, 1.54) is 13.3 Å². The maximum absolute atomic E-state index is 12.3. The summed E-state index contributed by atoms with van der Waals surface area (Å²) in [5, 5.41) is 20.3. The molecular formula is C28H36ClNO7. The Bertz CT molecular complexity index is 1140. The highest BCUT2D eigenvalue weighted by Crippen LogP contribution is 2.45. The Labute approximate surface area is 223 Å². The molecule has 2 rings (SSSR count). The number of benzene rings is 1. The number of ether oxygens (including phenoxy) is 2. The third-order valence-corrected chi connectivity index (χ3v) is 7.85. The summed E-state index contributed by atoms with van der Waals surface area (Å²) in [7, 11) is 1.25. The van der Waals surface area contributed by atoms with Gasteiger partial charge in [-0.05, 0) is 43.6 Å². The lowest BCUT2D eigenvalue weighted by atomic mass is 9.61. The Morgan fingerprint density at radius 2 is 1.97 bits per heavy atom. The molecule has 8 nitrogen and oxygen atoms in total. The molecule has 0 amide bonds. The number of carboxylic acids is 1. The number of esters is 1. The van der Waals surface area contributed by atoms with E-state index in [-0.39, 0.29) is 46.6 Å². The lowest BCUT2D eigenvalue weighted by Crippen LogP contribution is -2.40. The highest BCUT2D eigenvalue weighted by molar-refractivity contribution is 6.33. The van der Waals surface area contributed by atoms with Crippen LogP contribution in [0, 0.1) is 24.2 Å². The number of halogens is 1. The molecule has 3 atom stereocenters. The van der Waals surface area contributed by atoms with Crippen molar-refractivity contribution in [2.45, 2.75) is 53.9 Å². The number of hydrogen-bond donors (Lipinski definition) is 2. The van der Waals surface area contributed by atoms with Crippen molar-refractivity contribution in [3.8, 4) is 11.5 Å². The van der Waals surface area contributed by atoms with Crippen LogP contribution in [-0.2, 0) is 25.5 Å². The SMILES string of the molecule is COC(=O)CN=Cc1c(C)c(Cl)c(OCC(=O)O)c(C/C=C(C)/C=C/[C@@]2(C)[C@H](C)CCC(=O)[C@@H]2C)c1O. The van der Waals surface area contributed by atoms with Crippen LogP contribution in [0.3, 0.4) is 0 Å². The lowest BCUT2D eigenvalue weighted by Gasteiger charge is -2.42. The van der Waals surface area contributed by atoms with Crippen molar-refractivity contribution >= 4 is 35.5 Å². The van der Waals surface area contributed by atoms with Gasteiger partial charge in [-0.1, -0.05) is 56.2 Å². The number of aliphatic carboxylic acids is 1. The number of phenols is 1. The predicted molar refractivity (Wildman–Crippen MR) is 143 cm³/mol. The molecule has 0 aromatic heterocycles. The van der Waals surface area contributed by atoms with Gasteiger partial charge in [0.1, 0.15) is 23.8 Å². The smallest absolute Gasteiger partial charge is 0.341 e. The number of aromatic hydroxyl groups is 1. The van der Waals surface area contributed by atoms with E-state index >= 15 is 0 Å². The van der Waals surface area contributed by atoms with Gasteiger partial charge in [0.05, 0.1) is 12.1 Å². The number of carboxylic acid groups (broad SMARTS) is 1. The molecule has 0 unspecified atom stereocenters. The van der Waals surface area contributed by atoms with Crippen molar-refractivity contribution in [1.82, 2.24) is 0 Å². The van der Waals surface area contributed by atoms with Crippen LogP contribution in [0.25, 0.3) is 0 Å². The van der Waals surface area contributed by atoms with Crippen LogP contribution in [0.15, 0.2) is 28.8 Å². The fourth-order valence-electron chi connectivity index (χ4n) is 4.39. The fourth-order valence-corrected chi connectivity index (χ4v) is 4.66. The van der Waals surface area contributed by atoms with Crippen molar-refractivity contribution in [2.75, 3.05) is 20.3 Å². The third kappa shape index (κ3) is 7.22. The first kappa shape index (κ1) is 30.1. The standard InChI is InChI=1S/C28H36ClNO7/c1-16(11-12-28(5)17(2)8-10-22(31)19(28)4)7-9-20-26(35)21(13-30-14-24(34)36-6)18(3)25(29)27(20)37-15-23(32)33/h7,11-13,17,19,35H,8-10,14-15H2,1-6H3,(H,32,33)/b12-11+,16-7+,30-13?/t17-,19+,28+/m1/s1. The number of phenolic OH excluding ortho intramolecular Hbond substituents is 1. The molecular weight excluding hydrogens is 498 g/mol. The van der Waals surface area contributed by atoms with Gasteiger partial charge in [-0.2, -0.15) is 0 Å². The summed E-state index contributed by atoms with van der Waals surface area (Å²) in [6, 6.07) is 0. The van der Waals surface area contributed by atoms with E-state index in [2.05, 4.69) is 29.7 Å². The summed E-state index contributed by atoms with van der Waals surface area (Å²) >= 11 is 6.52. The second kappa shape index (κ2) is 12.9. The maximum atomic E-state index is 12.3. The van der Waals surface area contributed by atoms with Crippen molar-refractivity contribution in [1.29, 1.82) is 0 Å². The second-order valence-corrected chi connectivity index (χ2v) is 10.1. The second-order valence-electron chi connectivity index (χ2n) is 9.72. The zero-order chi connectivity index (χ0) is 27.9. The molecule has 1 aliphatic carbocycles. The van der Waals surface area contributed by atoms with Gasteiger partial charge in [0.2, 0.25) is 0 Å². The van der Waals surface area contributed by atoms with Gasteiger partial charge < -0.3 is 19.7 Å². The summed E-state index contributed by atoms with van der Waals surface area (Å²) in [5.74, 6) is -1.28. The monoisotopic (exact) mass is 533 g/mol. The minimum atomic E-state index is -1.18. The highest BCUT2D eigenvalue weighted by atomic mass is 35.5. The van der Waals surface area contributed by atoms with E-state index in [1.54, 1.807) is 6.92 Å². The first-order chi connectivity index (χ1) is 17.3. The van der Waals surface area contributed by atoms with Gasteiger partial charge in [0.25, 0.3) is 0 Å². The van der Waals surface area contributed by atoms with Crippen molar-refractivity contribution in [3.05, 3.63) is 45.5 Å². The van der Waals surface area contributed by atoms with Crippen LogP contribution >= 0.6 is 11.6 Å². The van der Waals surface area contributed by atoms with Gasteiger partial charge in [0.15, 0.2) is 6.61 Å². The number of hydrogen-bond acceptors (Lipinski definition) is 7. The summed E-state index contributed by atoms with van der Waals surface area (Å²) in [4.78, 5) is 38.9. The molecule has 0 saturated heterocycles. The Morgan fingerprint density at radius 3 is 2.59 bits per heavy atom. The van der Waals surface area contributed by atoms with Gasteiger partial charge in [-0.3, -0.25) is 14.6 Å². The van der Waals surface area contributed by atoms with Crippen LogP contribution in [0.4, 0.5) is 0 Å². The van der Waals surface area contributed by atoms with E-state index < -0.39 is 18.5 Å². The molecule has 1 aliphatic rings. The summed E-state index contributed by atoms with van der Waals surface area (Å²) < 4.78 is 10.0. The quantitative estimate of drug-likeness (QED) is 0.244. The van der Waals surface area contributed by atoms with Crippen LogP contribution in [0.5, 0.6) is 11.5 Å². The summed E-state index contributed by atoms with van der Waals surface area (Å²) in [6.45, 7) is 8.91. The average Bonchev–Trinajstić information content (AvgIpc) is 2.86. The molecule has 9 heteroatoms. The molecule has 37 heavy (non-hydrogen) atoms. The van der Waals surface area contributed by atoms with Crippen LogP contribution in [0.1, 0.15) is 57.2 Å². The molecule has 1 aromatic rings. The molecule has 0 heterocycles. The molecule has 0 radical (unpaired) electrons. The number of methoxy groups -OCH3 is 1. The third-order valence-electron chi connectivity index (χ3n) is 7.39. The zero-order valence-electron chi connectivity index (χ0n) is 22.3. The van der Waals surface area contributed by atoms with Crippen molar-refractivity contribution in [3.63, 3.8) is 0 Å². The molecule has 1 saturated carbocycles. The number of nitrogens with zero attached hydrogens (tertiary/aromatic N) is 1. The molecule has 0 spiro atoms. The topological polar surface area (TPSA) is 122 Å². The molecule has 202 valence electrons. The Hall–Kier alpha value is -3.13. The Balaban J connectivity index is 2.44.